The van der Waals surface area contributed by atoms with E-state index in [0.717, 1.165) is 33.5 Å². The lowest BCUT2D eigenvalue weighted by atomic mass is 10.1. The summed E-state index contributed by atoms with van der Waals surface area (Å²) in [5.74, 6) is -2.21. The van der Waals surface area contributed by atoms with Crippen LogP contribution in [0.2, 0.25) is 0 Å². The lowest BCUT2D eigenvalue weighted by molar-refractivity contribution is -0.146. The Kier molecular flexibility index (Phi) is 5.62. The fourth-order valence-corrected chi connectivity index (χ4v) is 4.13. The minimum Gasteiger partial charge on any atom is -0.488 e. The molecule has 1 amide bonds. The van der Waals surface area contributed by atoms with Crippen molar-refractivity contribution in [2.24, 2.45) is 0 Å². The topological polar surface area (TPSA) is 104 Å². The molecule has 2 aliphatic rings. The van der Waals surface area contributed by atoms with Gasteiger partial charge < -0.3 is 14.9 Å². The Morgan fingerprint density at radius 1 is 1.33 bits per heavy atom. The molecular weight excluding hydrogens is 390 g/mol. The highest BCUT2D eigenvalue weighted by Crippen LogP contribution is 2.35. The number of fused-ring (bicyclic) bond motifs is 1. The molecule has 27 heavy (non-hydrogen) atoms. The van der Waals surface area contributed by atoms with Gasteiger partial charge in [0, 0.05) is 12.0 Å². The molecule has 0 radical (unpaired) electrons. The number of aliphatic carboxylic acids is 2. The Hall–Kier alpha value is -2.65. The van der Waals surface area contributed by atoms with Crippen molar-refractivity contribution >= 4 is 52.2 Å². The SMILES string of the molecule is O=C(O)CCC(C(=O)O)N1C(=O)C(=CC2=Cc3ccccc3OC2)SC1=S. The molecule has 1 aromatic carbocycles. The molecule has 0 spiro atoms. The zero-order chi connectivity index (χ0) is 19.6. The number of thiocarbonyl (C=S) groups is 1. The van der Waals surface area contributed by atoms with Crippen molar-refractivity contribution in [1.29, 1.82) is 0 Å². The summed E-state index contributed by atoms with van der Waals surface area (Å²) in [5.41, 5.74) is 1.64. The number of amides is 1. The van der Waals surface area contributed by atoms with Crippen molar-refractivity contribution in [3.05, 3.63) is 46.4 Å². The predicted octanol–water partition coefficient (Wildman–Crippen LogP) is 2.52. The smallest absolute Gasteiger partial charge is 0.326 e. The molecule has 1 unspecified atom stereocenters. The van der Waals surface area contributed by atoms with E-state index in [4.69, 9.17) is 22.1 Å². The van der Waals surface area contributed by atoms with Crippen LogP contribution >= 0.6 is 24.0 Å². The van der Waals surface area contributed by atoms with Crippen LogP contribution in [0.1, 0.15) is 18.4 Å². The van der Waals surface area contributed by atoms with Crippen LogP contribution in [0.4, 0.5) is 0 Å². The Labute approximate surface area is 164 Å². The number of rotatable bonds is 6. The first-order chi connectivity index (χ1) is 12.9. The largest absolute Gasteiger partial charge is 0.488 e. The number of nitrogens with zero attached hydrogens (tertiary/aromatic N) is 1. The molecule has 140 valence electrons. The zero-order valence-electron chi connectivity index (χ0n) is 14.0. The summed E-state index contributed by atoms with van der Waals surface area (Å²) in [4.78, 5) is 36.2. The van der Waals surface area contributed by atoms with E-state index in [2.05, 4.69) is 0 Å². The maximum atomic E-state index is 12.7. The number of benzene rings is 1. The summed E-state index contributed by atoms with van der Waals surface area (Å²) >= 11 is 6.16. The van der Waals surface area contributed by atoms with Gasteiger partial charge >= 0.3 is 11.9 Å². The monoisotopic (exact) mass is 405 g/mol. The highest BCUT2D eigenvalue weighted by Gasteiger charge is 2.40. The fraction of sp³-hybridized carbons (Fsp3) is 0.222. The average molecular weight is 405 g/mol. The van der Waals surface area contributed by atoms with Gasteiger partial charge in [-0.1, -0.05) is 42.2 Å². The van der Waals surface area contributed by atoms with Gasteiger partial charge in [-0.05, 0) is 30.2 Å². The fourth-order valence-electron chi connectivity index (χ4n) is 2.76. The van der Waals surface area contributed by atoms with Crippen molar-refractivity contribution < 1.29 is 29.3 Å². The van der Waals surface area contributed by atoms with Crippen LogP contribution in [-0.4, -0.2) is 49.9 Å². The van der Waals surface area contributed by atoms with Crippen LogP contribution in [0.5, 0.6) is 5.75 Å². The third-order valence-corrected chi connectivity index (χ3v) is 5.35. The second-order valence-electron chi connectivity index (χ2n) is 5.88. The zero-order valence-corrected chi connectivity index (χ0v) is 15.6. The highest BCUT2D eigenvalue weighted by atomic mass is 32.2. The van der Waals surface area contributed by atoms with Crippen molar-refractivity contribution in [2.75, 3.05) is 6.61 Å². The van der Waals surface area contributed by atoms with E-state index < -0.39 is 23.9 Å². The van der Waals surface area contributed by atoms with Gasteiger partial charge in [0.25, 0.3) is 5.91 Å². The molecule has 1 fully saturated rings. The summed E-state index contributed by atoms with van der Waals surface area (Å²) in [7, 11) is 0. The molecule has 1 saturated heterocycles. The Balaban J connectivity index is 1.83. The molecule has 2 aliphatic heterocycles. The van der Waals surface area contributed by atoms with Crippen LogP contribution in [0.3, 0.4) is 0 Å². The number of carbonyl (C=O) groups excluding carboxylic acids is 1. The van der Waals surface area contributed by atoms with Gasteiger partial charge in [0.05, 0.1) is 4.91 Å². The minimum atomic E-state index is -1.31. The van der Waals surface area contributed by atoms with E-state index in [1.807, 2.05) is 30.3 Å². The standard InChI is InChI=1S/C18H15NO6S2/c20-15(21)6-5-12(17(23)24)19-16(22)14(27-18(19)26)8-10-7-11-3-1-2-4-13(11)25-9-10/h1-4,7-8,12H,5-6,9H2,(H,20,21)(H,23,24). The number of carboxylic acids is 2. The molecule has 0 aliphatic carbocycles. The summed E-state index contributed by atoms with van der Waals surface area (Å²) < 4.78 is 5.75. The number of ether oxygens (including phenoxy) is 1. The van der Waals surface area contributed by atoms with Crippen molar-refractivity contribution in [3.63, 3.8) is 0 Å². The van der Waals surface area contributed by atoms with Gasteiger partial charge in [-0.15, -0.1) is 0 Å². The van der Waals surface area contributed by atoms with Gasteiger partial charge in [-0.2, -0.15) is 0 Å². The molecule has 0 aromatic heterocycles. The summed E-state index contributed by atoms with van der Waals surface area (Å²) in [6.07, 6.45) is 2.93. The van der Waals surface area contributed by atoms with E-state index in [1.54, 1.807) is 6.08 Å². The van der Waals surface area contributed by atoms with Gasteiger partial charge in [-0.3, -0.25) is 14.5 Å². The first kappa shape index (κ1) is 19.1. The first-order valence-electron chi connectivity index (χ1n) is 8.01. The van der Waals surface area contributed by atoms with E-state index in [9.17, 15) is 19.5 Å². The molecule has 0 saturated carbocycles. The van der Waals surface area contributed by atoms with Gasteiger partial charge in [-0.25, -0.2) is 4.79 Å². The van der Waals surface area contributed by atoms with Crippen LogP contribution in [-0.2, 0) is 14.4 Å². The Morgan fingerprint density at radius 3 is 2.78 bits per heavy atom. The first-order valence-corrected chi connectivity index (χ1v) is 9.23. The summed E-state index contributed by atoms with van der Waals surface area (Å²) in [6, 6.07) is 6.17. The third kappa shape index (κ3) is 4.20. The van der Waals surface area contributed by atoms with E-state index in [1.165, 1.54) is 0 Å². The van der Waals surface area contributed by atoms with Crippen LogP contribution in [0.15, 0.2) is 40.8 Å². The maximum Gasteiger partial charge on any atom is 0.326 e. The molecule has 2 heterocycles. The van der Waals surface area contributed by atoms with Crippen molar-refractivity contribution in [3.8, 4) is 5.75 Å². The molecule has 3 rings (SSSR count). The lowest BCUT2D eigenvalue weighted by Crippen LogP contribution is -2.44. The average Bonchev–Trinajstić information content (AvgIpc) is 2.89. The second-order valence-corrected chi connectivity index (χ2v) is 7.56. The highest BCUT2D eigenvalue weighted by molar-refractivity contribution is 8.26. The molecule has 0 bridgehead atoms. The van der Waals surface area contributed by atoms with Crippen LogP contribution in [0, 0.1) is 0 Å². The predicted molar refractivity (Wildman–Crippen MR) is 103 cm³/mol. The molecule has 2 N–H and O–H groups in total. The quantitative estimate of drug-likeness (QED) is 0.550. The van der Waals surface area contributed by atoms with E-state index >= 15 is 0 Å². The molecule has 9 heteroatoms. The third-order valence-electron chi connectivity index (χ3n) is 4.02. The molecule has 1 atom stereocenters. The van der Waals surface area contributed by atoms with Crippen LogP contribution in [0.25, 0.3) is 6.08 Å². The summed E-state index contributed by atoms with van der Waals surface area (Å²) in [5, 5.41) is 18.2. The second kappa shape index (κ2) is 7.93. The number of carboxylic acid groups (broad SMARTS) is 2. The number of para-hydroxylation sites is 1. The minimum absolute atomic E-state index is 0.0989. The van der Waals surface area contributed by atoms with Crippen molar-refractivity contribution in [2.45, 2.75) is 18.9 Å². The Bertz CT molecular complexity index is 892. The molecule has 7 nitrogen and oxygen atoms in total. The maximum absolute atomic E-state index is 12.7. The van der Waals surface area contributed by atoms with E-state index in [-0.39, 0.29) is 28.7 Å². The number of carbonyl (C=O) groups is 3. The van der Waals surface area contributed by atoms with Gasteiger partial charge in [0.1, 0.15) is 22.7 Å². The lowest BCUT2D eigenvalue weighted by Gasteiger charge is -2.22. The number of hydrogen-bond acceptors (Lipinski definition) is 6. The van der Waals surface area contributed by atoms with Crippen LogP contribution < -0.4 is 4.74 Å². The number of hydrogen-bond donors (Lipinski definition) is 2. The molecule has 1 aromatic rings. The number of thioether (sulfide) groups is 1. The van der Waals surface area contributed by atoms with Gasteiger partial charge in [0.2, 0.25) is 0 Å². The van der Waals surface area contributed by atoms with Gasteiger partial charge in [0.15, 0.2) is 0 Å². The Morgan fingerprint density at radius 2 is 2.07 bits per heavy atom. The summed E-state index contributed by atoms with van der Waals surface area (Å²) in [6.45, 7) is 0.280. The molecular formula is C18H15NO6S2. The van der Waals surface area contributed by atoms with E-state index in [0.29, 0.717) is 0 Å². The normalized spacial score (nSPS) is 18.7. The van der Waals surface area contributed by atoms with Crippen molar-refractivity contribution in [1.82, 2.24) is 4.90 Å².